The Bertz CT molecular complexity index is 2850. The maximum atomic E-state index is 14.2. The Kier molecular flexibility index (Phi) is 15.8. The smallest absolute Gasteiger partial charge is 0.269 e. The minimum Gasteiger partial charge on any atom is -0.491 e. The first-order chi connectivity index (χ1) is 33.8. The number of ketones is 1. The number of anilines is 1. The number of ether oxygens (including phenoxy) is 3. The van der Waals surface area contributed by atoms with Gasteiger partial charge in [-0.2, -0.15) is 0 Å². The molecule has 2 aromatic heterocycles. The third kappa shape index (κ3) is 11.6. The van der Waals surface area contributed by atoms with Gasteiger partial charge in [0.2, 0.25) is 5.91 Å². The standard InChI is InChI=1S/C54H55N5O10S/c1-34(2)51(54(63)58-32-42(60)29-47(58)48(61)28-35(3)39-16-18-40(19-17-39)52-36(4)55-33-70-52)49-30-50(56-69-49)68-27-25-66-24-26-67-43-22-14-38(15-23-43)31-57-46-11-6-5-9-44(46)45(53(57)62)10-7-8-37-12-20-41(21-13-37)59(64)65/h5-23,30,33-35,42,47,51,60H,24-29,31-32H2,1-4H3/t35-,42-,47+,51?/m1/s1. The predicted molar refractivity (Wildman–Crippen MR) is 267 cm³/mol. The molecular weight excluding hydrogens is 911 g/mol. The van der Waals surface area contributed by atoms with E-state index < -0.39 is 23.0 Å². The van der Waals surface area contributed by atoms with Crippen LogP contribution in [0.4, 0.5) is 11.4 Å². The summed E-state index contributed by atoms with van der Waals surface area (Å²) in [5, 5.41) is 25.7. The van der Waals surface area contributed by atoms with Crippen molar-refractivity contribution in [1.82, 2.24) is 15.0 Å². The van der Waals surface area contributed by atoms with Gasteiger partial charge in [-0.3, -0.25) is 24.5 Å². The quantitative estimate of drug-likeness (QED) is 0.0312. The molecule has 15 nitrogen and oxygen atoms in total. The molecule has 2 aliphatic heterocycles. The van der Waals surface area contributed by atoms with Crippen LogP contribution >= 0.6 is 11.3 Å². The molecule has 1 unspecified atom stereocenters. The lowest BCUT2D eigenvalue weighted by molar-refractivity contribution is -0.384. The zero-order valence-corrected chi connectivity index (χ0v) is 40.3. The second kappa shape index (κ2) is 22.4. The van der Waals surface area contributed by atoms with Crippen molar-refractivity contribution in [2.75, 3.05) is 37.9 Å². The average Bonchev–Trinajstić information content (AvgIpc) is 4.16. The van der Waals surface area contributed by atoms with Gasteiger partial charge in [0.15, 0.2) is 11.5 Å². The number of para-hydroxylation sites is 1. The van der Waals surface area contributed by atoms with Crippen LogP contribution in [0.3, 0.4) is 0 Å². The molecule has 4 aromatic carbocycles. The number of carbonyl (C=O) groups is 3. The highest BCUT2D eigenvalue weighted by Crippen LogP contribution is 2.38. The van der Waals surface area contributed by atoms with E-state index in [4.69, 9.17) is 18.7 Å². The molecule has 1 fully saturated rings. The molecule has 8 rings (SSSR count). The number of amides is 2. The summed E-state index contributed by atoms with van der Waals surface area (Å²) in [7, 11) is 0. The summed E-state index contributed by atoms with van der Waals surface area (Å²) in [6.07, 6.45) is 4.94. The number of aliphatic hydroxyl groups is 1. The topological polar surface area (TPSA) is 188 Å². The Balaban J connectivity index is 0.768. The largest absolute Gasteiger partial charge is 0.491 e. The number of fused-ring (bicyclic) bond motifs is 1. The molecule has 2 amide bonds. The van der Waals surface area contributed by atoms with Crippen LogP contribution in [0, 0.1) is 23.0 Å². The van der Waals surface area contributed by atoms with Gasteiger partial charge < -0.3 is 33.6 Å². The number of hydrogen-bond acceptors (Lipinski definition) is 13. The Morgan fingerprint density at radius 2 is 1.69 bits per heavy atom. The maximum absolute atomic E-state index is 14.2. The summed E-state index contributed by atoms with van der Waals surface area (Å²) < 4.78 is 23.0. The summed E-state index contributed by atoms with van der Waals surface area (Å²) >= 11 is 1.59. The number of benzene rings is 4. The third-order valence-corrected chi connectivity index (χ3v) is 13.5. The van der Waals surface area contributed by atoms with Crippen molar-refractivity contribution in [3.8, 4) is 22.1 Å². The molecular formula is C54H55N5O10S. The van der Waals surface area contributed by atoms with Crippen molar-refractivity contribution in [3.05, 3.63) is 165 Å². The minimum atomic E-state index is -0.812. The number of aromatic nitrogens is 2. The normalized spacial score (nSPS) is 17.1. The van der Waals surface area contributed by atoms with Crippen molar-refractivity contribution in [1.29, 1.82) is 0 Å². The van der Waals surface area contributed by atoms with E-state index in [-0.39, 0.29) is 73.6 Å². The first-order valence-electron chi connectivity index (χ1n) is 23.3. The van der Waals surface area contributed by atoms with Gasteiger partial charge in [-0.15, -0.1) is 11.3 Å². The number of likely N-dealkylation sites (tertiary alicyclic amines) is 1. The fourth-order valence-corrected chi connectivity index (χ4v) is 9.66. The first-order valence-corrected chi connectivity index (χ1v) is 24.2. The van der Waals surface area contributed by atoms with E-state index in [9.17, 15) is 29.6 Å². The summed E-state index contributed by atoms with van der Waals surface area (Å²) in [6.45, 7) is 9.22. The number of β-amino-alcohol motifs (C(OH)–C–C–N with tert-alkyl or cyclic N) is 1. The first kappa shape index (κ1) is 49.2. The Hall–Kier alpha value is -7.27. The lowest BCUT2D eigenvalue weighted by atomic mass is 9.89. The number of non-ortho nitro benzene ring substituents is 1. The van der Waals surface area contributed by atoms with Gasteiger partial charge in [0.1, 0.15) is 24.9 Å². The highest BCUT2D eigenvalue weighted by atomic mass is 32.1. The molecule has 0 bridgehead atoms. The second-order valence-electron chi connectivity index (χ2n) is 17.8. The number of nitrogens with zero attached hydrogens (tertiary/aromatic N) is 5. The van der Waals surface area contributed by atoms with Crippen molar-refractivity contribution in [2.45, 2.75) is 71.1 Å². The van der Waals surface area contributed by atoms with Gasteiger partial charge in [-0.25, -0.2) is 4.98 Å². The zero-order chi connectivity index (χ0) is 49.3. The van der Waals surface area contributed by atoms with Crippen LogP contribution in [0.5, 0.6) is 11.6 Å². The highest BCUT2D eigenvalue weighted by Gasteiger charge is 2.43. The molecule has 2 aliphatic rings. The number of aryl methyl sites for hydroxylation is 1. The van der Waals surface area contributed by atoms with Crippen molar-refractivity contribution in [2.24, 2.45) is 5.92 Å². The number of Topliss-reactive ketones (excluding diaryl/α,β-unsaturated/α-hetero) is 1. The lowest BCUT2D eigenvalue weighted by Crippen LogP contribution is -2.44. The number of nitro groups is 1. The second-order valence-corrected chi connectivity index (χ2v) is 18.7. The molecule has 4 heterocycles. The summed E-state index contributed by atoms with van der Waals surface area (Å²) in [5.74, 6) is -0.371. The molecule has 4 atom stereocenters. The SMILES string of the molecule is Cc1ncsc1-c1ccc([C@H](C)CC(=O)[C@@H]2C[C@@H](O)CN2C(=O)C(c2cc(OCCOCCOc3ccc(CN4C(=O)C(=CC=Cc5ccc([N+](=O)[O-])cc5)c5ccccc54)cc3)no2)C(C)C)cc1. The van der Waals surface area contributed by atoms with Crippen LogP contribution in [0.25, 0.3) is 22.1 Å². The van der Waals surface area contributed by atoms with Crippen molar-refractivity contribution < 1.29 is 43.1 Å². The summed E-state index contributed by atoms with van der Waals surface area (Å²) in [4.78, 5) is 60.8. The monoisotopic (exact) mass is 965 g/mol. The third-order valence-electron chi connectivity index (χ3n) is 12.5. The Morgan fingerprint density at radius 1 is 0.957 bits per heavy atom. The minimum absolute atomic E-state index is 0.0159. The molecule has 16 heteroatoms. The Morgan fingerprint density at radius 3 is 2.39 bits per heavy atom. The molecule has 1 N–H and O–H groups in total. The zero-order valence-electron chi connectivity index (χ0n) is 39.4. The van der Waals surface area contributed by atoms with E-state index in [1.165, 1.54) is 17.0 Å². The molecule has 0 spiro atoms. The number of hydrogen-bond donors (Lipinski definition) is 1. The number of nitro benzene ring substituents is 1. The molecule has 0 saturated carbocycles. The number of carbonyl (C=O) groups excluding carboxylic acids is 3. The fourth-order valence-electron chi connectivity index (χ4n) is 8.85. The summed E-state index contributed by atoms with van der Waals surface area (Å²) in [5.41, 5.74) is 8.83. The van der Waals surface area contributed by atoms with Crippen LogP contribution in [0.1, 0.15) is 79.2 Å². The highest BCUT2D eigenvalue weighted by molar-refractivity contribution is 7.13. The molecule has 1 saturated heterocycles. The molecule has 362 valence electrons. The van der Waals surface area contributed by atoms with E-state index in [1.54, 1.807) is 52.7 Å². The van der Waals surface area contributed by atoms with Crippen LogP contribution in [-0.4, -0.2) is 87.8 Å². The van der Waals surface area contributed by atoms with Gasteiger partial charge >= 0.3 is 0 Å². The molecule has 0 aliphatic carbocycles. The maximum Gasteiger partial charge on any atom is 0.269 e. The van der Waals surface area contributed by atoms with E-state index in [0.717, 1.165) is 44.1 Å². The lowest BCUT2D eigenvalue weighted by Gasteiger charge is -2.29. The number of rotatable bonds is 21. The molecule has 70 heavy (non-hydrogen) atoms. The van der Waals surface area contributed by atoms with Gasteiger partial charge in [0.25, 0.3) is 17.5 Å². The average molecular weight is 966 g/mol. The van der Waals surface area contributed by atoms with Gasteiger partial charge in [-0.05, 0) is 82.6 Å². The van der Waals surface area contributed by atoms with E-state index in [2.05, 4.69) is 10.1 Å². The van der Waals surface area contributed by atoms with Gasteiger partial charge in [-0.1, -0.05) is 87.5 Å². The van der Waals surface area contributed by atoms with Crippen LogP contribution in [0.2, 0.25) is 0 Å². The van der Waals surface area contributed by atoms with E-state index in [0.29, 0.717) is 36.8 Å². The van der Waals surface area contributed by atoms with Crippen LogP contribution < -0.4 is 14.4 Å². The number of allylic oxidation sites excluding steroid dienone is 2. The van der Waals surface area contributed by atoms with Crippen LogP contribution in [0.15, 0.2) is 125 Å². The van der Waals surface area contributed by atoms with E-state index >= 15 is 0 Å². The predicted octanol–water partition coefficient (Wildman–Crippen LogP) is 9.60. The fraction of sp³-hybridized carbons (Fsp3) is 0.315. The number of aliphatic hydroxyl groups excluding tert-OH is 1. The van der Waals surface area contributed by atoms with Crippen molar-refractivity contribution in [3.63, 3.8) is 0 Å². The van der Waals surface area contributed by atoms with Gasteiger partial charge in [0, 0.05) is 48.7 Å². The molecule has 6 aromatic rings. The van der Waals surface area contributed by atoms with Gasteiger partial charge in [0.05, 0.1) is 58.6 Å². The summed E-state index contributed by atoms with van der Waals surface area (Å²) in [6, 6.07) is 30.4. The van der Waals surface area contributed by atoms with Crippen LogP contribution in [-0.2, 0) is 25.7 Å². The Labute approximate surface area is 410 Å². The number of thiazole rings is 1. The van der Waals surface area contributed by atoms with E-state index in [1.807, 2.05) is 106 Å². The molecule has 0 radical (unpaired) electrons. The van der Waals surface area contributed by atoms with Crippen molar-refractivity contribution >= 4 is 52.0 Å².